The van der Waals surface area contributed by atoms with E-state index in [0.29, 0.717) is 25.8 Å². The van der Waals surface area contributed by atoms with E-state index in [2.05, 4.69) is 35.6 Å². The number of benzene rings is 1. The topological polar surface area (TPSA) is 29.1 Å². The van der Waals surface area contributed by atoms with Crippen molar-refractivity contribution in [2.24, 2.45) is 0 Å². The zero-order valence-corrected chi connectivity index (χ0v) is 11.9. The maximum absolute atomic E-state index is 11.2. The SMILES string of the molecule is CC(=O)N[C@@H]1CCCC[C@H]1[Se]c1ccccc1. The van der Waals surface area contributed by atoms with E-state index in [1.807, 2.05) is 0 Å². The predicted molar refractivity (Wildman–Crippen MR) is 71.7 cm³/mol. The van der Waals surface area contributed by atoms with E-state index in [0.717, 1.165) is 6.42 Å². The Labute approximate surface area is 109 Å². The minimum atomic E-state index is 0.116. The molecule has 0 aromatic heterocycles. The first-order chi connectivity index (χ1) is 8.25. The van der Waals surface area contributed by atoms with Gasteiger partial charge in [-0.1, -0.05) is 0 Å². The van der Waals surface area contributed by atoms with Gasteiger partial charge in [-0.15, -0.1) is 0 Å². The molecule has 1 aromatic carbocycles. The zero-order chi connectivity index (χ0) is 12.1. The summed E-state index contributed by atoms with van der Waals surface area (Å²) in [5, 5.41) is 3.13. The van der Waals surface area contributed by atoms with E-state index < -0.39 is 0 Å². The van der Waals surface area contributed by atoms with Crippen molar-refractivity contribution < 1.29 is 4.79 Å². The first-order valence-corrected chi connectivity index (χ1v) is 8.09. The van der Waals surface area contributed by atoms with E-state index in [1.54, 1.807) is 6.92 Å². The van der Waals surface area contributed by atoms with Crippen LogP contribution in [0.1, 0.15) is 32.6 Å². The molecule has 2 rings (SSSR count). The number of carbonyl (C=O) groups excluding carboxylic acids is 1. The molecule has 0 saturated heterocycles. The monoisotopic (exact) mass is 297 g/mol. The Hall–Kier alpha value is -0.791. The molecule has 1 amide bonds. The summed E-state index contributed by atoms with van der Waals surface area (Å²) in [6.45, 7) is 1.63. The summed E-state index contributed by atoms with van der Waals surface area (Å²) in [5.74, 6) is 0.116. The van der Waals surface area contributed by atoms with Crippen LogP contribution in [0.3, 0.4) is 0 Å². The molecule has 3 heteroatoms. The van der Waals surface area contributed by atoms with Crippen LogP contribution < -0.4 is 9.78 Å². The Morgan fingerprint density at radius 1 is 1.24 bits per heavy atom. The molecule has 1 N–H and O–H groups in total. The van der Waals surface area contributed by atoms with Crippen molar-refractivity contribution in [2.45, 2.75) is 43.5 Å². The van der Waals surface area contributed by atoms with Gasteiger partial charge in [0.25, 0.3) is 0 Å². The molecular formula is C14H19NOSe. The second-order valence-corrected chi connectivity index (χ2v) is 7.31. The van der Waals surface area contributed by atoms with Crippen molar-refractivity contribution in [3.63, 3.8) is 0 Å². The third kappa shape index (κ3) is 3.86. The molecule has 2 atom stereocenters. The molecule has 1 aliphatic carbocycles. The van der Waals surface area contributed by atoms with Gasteiger partial charge in [0.2, 0.25) is 0 Å². The number of hydrogen-bond acceptors (Lipinski definition) is 1. The Bertz CT molecular complexity index is 366. The summed E-state index contributed by atoms with van der Waals surface area (Å²) >= 11 is 0.481. The Kier molecular flexibility index (Phi) is 4.64. The molecule has 1 saturated carbocycles. The molecule has 1 fully saturated rings. The summed E-state index contributed by atoms with van der Waals surface area (Å²) in [4.78, 5) is 11.9. The maximum atomic E-state index is 11.2. The van der Waals surface area contributed by atoms with Crippen LogP contribution in [0, 0.1) is 0 Å². The van der Waals surface area contributed by atoms with Gasteiger partial charge in [0.1, 0.15) is 0 Å². The van der Waals surface area contributed by atoms with E-state index >= 15 is 0 Å². The summed E-state index contributed by atoms with van der Waals surface area (Å²) in [6.07, 6.45) is 4.99. The van der Waals surface area contributed by atoms with E-state index in [-0.39, 0.29) is 5.91 Å². The molecule has 0 unspecified atom stereocenters. The van der Waals surface area contributed by atoms with E-state index in [1.165, 1.54) is 23.7 Å². The van der Waals surface area contributed by atoms with Gasteiger partial charge < -0.3 is 0 Å². The van der Waals surface area contributed by atoms with Gasteiger partial charge in [-0.05, 0) is 0 Å². The number of carbonyl (C=O) groups is 1. The minimum absolute atomic E-state index is 0.116. The second-order valence-electron chi connectivity index (χ2n) is 4.56. The van der Waals surface area contributed by atoms with Crippen LogP contribution in [0.2, 0.25) is 4.82 Å². The molecular weight excluding hydrogens is 277 g/mol. The van der Waals surface area contributed by atoms with Crippen molar-refractivity contribution in [3.8, 4) is 0 Å². The van der Waals surface area contributed by atoms with Crippen LogP contribution in [-0.2, 0) is 4.79 Å². The van der Waals surface area contributed by atoms with Gasteiger partial charge in [0, 0.05) is 0 Å². The second kappa shape index (κ2) is 6.23. The summed E-state index contributed by atoms with van der Waals surface area (Å²) < 4.78 is 1.45. The van der Waals surface area contributed by atoms with Crippen LogP contribution in [0.15, 0.2) is 30.3 Å². The van der Waals surface area contributed by atoms with Crippen LogP contribution in [-0.4, -0.2) is 26.9 Å². The van der Waals surface area contributed by atoms with E-state index in [9.17, 15) is 4.79 Å². The van der Waals surface area contributed by atoms with Crippen molar-refractivity contribution in [1.29, 1.82) is 0 Å². The molecule has 0 aliphatic heterocycles. The first kappa shape index (κ1) is 12.7. The molecule has 0 radical (unpaired) electrons. The summed E-state index contributed by atoms with van der Waals surface area (Å²) in [6, 6.07) is 11.1. The molecule has 0 heterocycles. The van der Waals surface area contributed by atoms with Gasteiger partial charge in [0.15, 0.2) is 0 Å². The molecule has 2 nitrogen and oxygen atoms in total. The van der Waals surface area contributed by atoms with Crippen LogP contribution in [0.25, 0.3) is 0 Å². The van der Waals surface area contributed by atoms with Gasteiger partial charge >= 0.3 is 109 Å². The normalized spacial score (nSPS) is 24.3. The van der Waals surface area contributed by atoms with Gasteiger partial charge in [0.05, 0.1) is 0 Å². The van der Waals surface area contributed by atoms with Crippen molar-refractivity contribution >= 4 is 25.3 Å². The Balaban J connectivity index is 1.99. The molecule has 1 aliphatic rings. The summed E-state index contributed by atoms with van der Waals surface area (Å²) in [5.41, 5.74) is 0. The number of nitrogens with one attached hydrogen (secondary N) is 1. The van der Waals surface area contributed by atoms with Crippen molar-refractivity contribution in [1.82, 2.24) is 5.32 Å². The fourth-order valence-electron chi connectivity index (χ4n) is 2.34. The third-order valence-electron chi connectivity index (χ3n) is 3.12. The number of amides is 1. The molecule has 0 bridgehead atoms. The molecule has 17 heavy (non-hydrogen) atoms. The van der Waals surface area contributed by atoms with Gasteiger partial charge in [-0.3, -0.25) is 0 Å². The van der Waals surface area contributed by atoms with Crippen LogP contribution in [0.5, 0.6) is 0 Å². The molecule has 0 spiro atoms. The van der Waals surface area contributed by atoms with Crippen LogP contribution in [0.4, 0.5) is 0 Å². The Morgan fingerprint density at radius 2 is 1.94 bits per heavy atom. The fraction of sp³-hybridized carbons (Fsp3) is 0.500. The Morgan fingerprint density at radius 3 is 2.65 bits per heavy atom. The van der Waals surface area contributed by atoms with Gasteiger partial charge in [-0.2, -0.15) is 0 Å². The zero-order valence-electron chi connectivity index (χ0n) is 10.2. The van der Waals surface area contributed by atoms with Crippen LogP contribution >= 0.6 is 0 Å². The fourth-order valence-corrected chi connectivity index (χ4v) is 5.10. The molecule has 92 valence electrons. The quantitative estimate of drug-likeness (QED) is 0.848. The first-order valence-electron chi connectivity index (χ1n) is 6.24. The molecule has 1 aromatic rings. The standard InChI is InChI=1S/C14H19NOSe/c1-11(16)15-13-9-5-6-10-14(13)17-12-7-3-2-4-8-12/h2-4,7-8,13-14H,5-6,9-10H2,1H3,(H,15,16)/t13-,14-/m1/s1. The van der Waals surface area contributed by atoms with Gasteiger partial charge in [-0.25, -0.2) is 0 Å². The van der Waals surface area contributed by atoms with E-state index in [4.69, 9.17) is 0 Å². The third-order valence-corrected chi connectivity index (χ3v) is 6.08. The average Bonchev–Trinajstić information content (AvgIpc) is 2.32. The van der Waals surface area contributed by atoms with Crippen molar-refractivity contribution in [2.75, 3.05) is 0 Å². The number of hydrogen-bond donors (Lipinski definition) is 1. The summed E-state index contributed by atoms with van der Waals surface area (Å²) in [7, 11) is 0. The number of rotatable bonds is 3. The average molecular weight is 296 g/mol. The predicted octanol–water partition coefficient (Wildman–Crippen LogP) is 1.88. The van der Waals surface area contributed by atoms with Crippen molar-refractivity contribution in [3.05, 3.63) is 30.3 Å².